The number of nitrogens with zero attached hydrogens (tertiary/aromatic N) is 1. The summed E-state index contributed by atoms with van der Waals surface area (Å²) in [5, 5.41) is 0. The molecule has 1 atom stereocenters. The molecular weight excluding hydrogens is 304 g/mol. The minimum atomic E-state index is -0.426. The number of Topliss-reactive ketones (excluding diaryl/α,β-unsaturated/α-hetero) is 1. The van der Waals surface area contributed by atoms with E-state index in [1.165, 1.54) is 12.7 Å². The van der Waals surface area contributed by atoms with E-state index in [1.54, 1.807) is 13.8 Å². The fourth-order valence-corrected chi connectivity index (χ4v) is 3.00. The van der Waals surface area contributed by atoms with Crippen LogP contribution >= 0.6 is 0 Å². The fraction of sp³-hybridized carbons (Fsp3) is 0.421. The zero-order valence-electron chi connectivity index (χ0n) is 15.2. The summed E-state index contributed by atoms with van der Waals surface area (Å²) in [6.07, 6.45) is 2.93. The summed E-state index contributed by atoms with van der Waals surface area (Å²) in [6.45, 7) is 9.49. The quantitative estimate of drug-likeness (QED) is 0.521. The molecule has 0 fully saturated rings. The number of methoxy groups -OCH3 is 1. The average Bonchev–Trinajstić information content (AvgIpc) is 2.87. The SMILES string of the molecule is CCc1ccc(C)[n+]([C@H](C)C(=O)c2[nH]c(C)c(C(=O)OC)c2C)c1. The molecule has 2 heterocycles. The van der Waals surface area contributed by atoms with Gasteiger partial charge in [0.05, 0.1) is 18.4 Å². The molecule has 0 aliphatic carbocycles. The molecule has 2 rings (SSSR count). The van der Waals surface area contributed by atoms with Gasteiger partial charge in [0, 0.05) is 31.2 Å². The number of ether oxygens (including phenoxy) is 1. The lowest BCUT2D eigenvalue weighted by Crippen LogP contribution is -2.45. The smallest absolute Gasteiger partial charge is 0.339 e. The van der Waals surface area contributed by atoms with E-state index in [-0.39, 0.29) is 11.8 Å². The Balaban J connectivity index is 2.44. The molecule has 2 aromatic heterocycles. The van der Waals surface area contributed by atoms with Crippen LogP contribution in [0.5, 0.6) is 0 Å². The Morgan fingerprint density at radius 3 is 2.50 bits per heavy atom. The van der Waals surface area contributed by atoms with Crippen LogP contribution in [0.1, 0.15) is 63.3 Å². The molecule has 0 bridgehead atoms. The molecular formula is C19H25N2O3+. The molecule has 5 nitrogen and oxygen atoms in total. The van der Waals surface area contributed by atoms with Crippen molar-refractivity contribution in [2.75, 3.05) is 7.11 Å². The third-order valence-electron chi connectivity index (χ3n) is 4.53. The standard InChI is InChI=1S/C19H24N2O3/c1-7-15-9-8-11(2)21(10-15)14(5)18(22)17-12(3)16(13(4)20-17)19(23)24-6/h8-10,14H,7H2,1-6H3/p+1/t14-/m1/s1. The number of pyridine rings is 1. The van der Waals surface area contributed by atoms with Crippen LogP contribution in [0.3, 0.4) is 0 Å². The topological polar surface area (TPSA) is 63.0 Å². The predicted octanol–water partition coefficient (Wildman–Crippen LogP) is 3.02. The van der Waals surface area contributed by atoms with Gasteiger partial charge in [0.2, 0.25) is 11.8 Å². The molecule has 0 saturated carbocycles. The summed E-state index contributed by atoms with van der Waals surface area (Å²) in [5.41, 5.74) is 4.39. The molecule has 128 valence electrons. The predicted molar refractivity (Wildman–Crippen MR) is 91.4 cm³/mol. The zero-order chi connectivity index (χ0) is 18.0. The maximum Gasteiger partial charge on any atom is 0.339 e. The first-order valence-corrected chi connectivity index (χ1v) is 8.14. The third-order valence-corrected chi connectivity index (χ3v) is 4.53. The Kier molecular flexibility index (Phi) is 5.22. The second-order valence-corrected chi connectivity index (χ2v) is 6.10. The molecule has 0 aromatic carbocycles. The van der Waals surface area contributed by atoms with E-state index in [1.807, 2.05) is 30.7 Å². The summed E-state index contributed by atoms with van der Waals surface area (Å²) in [5.74, 6) is -0.475. The Hall–Kier alpha value is -2.43. The number of aryl methyl sites for hydroxylation is 3. The number of rotatable bonds is 5. The Morgan fingerprint density at radius 1 is 1.25 bits per heavy atom. The minimum Gasteiger partial charge on any atom is -0.465 e. The number of hydrogen-bond acceptors (Lipinski definition) is 3. The number of aromatic nitrogens is 2. The van der Waals surface area contributed by atoms with E-state index in [4.69, 9.17) is 4.74 Å². The van der Waals surface area contributed by atoms with Gasteiger partial charge in [-0.25, -0.2) is 4.79 Å². The molecule has 0 saturated heterocycles. The van der Waals surface area contributed by atoms with Crippen molar-refractivity contribution >= 4 is 11.8 Å². The van der Waals surface area contributed by atoms with Gasteiger partial charge >= 0.3 is 5.97 Å². The maximum absolute atomic E-state index is 13.0. The van der Waals surface area contributed by atoms with E-state index in [2.05, 4.69) is 18.0 Å². The lowest BCUT2D eigenvalue weighted by molar-refractivity contribution is -0.710. The van der Waals surface area contributed by atoms with Crippen molar-refractivity contribution in [1.82, 2.24) is 4.98 Å². The Morgan fingerprint density at radius 2 is 1.92 bits per heavy atom. The number of ketones is 1. The second-order valence-electron chi connectivity index (χ2n) is 6.10. The Bertz CT molecular complexity index is 790. The number of aromatic amines is 1. The number of carbonyl (C=O) groups is 2. The van der Waals surface area contributed by atoms with Crippen LogP contribution in [0.25, 0.3) is 0 Å². The molecule has 1 N–H and O–H groups in total. The lowest BCUT2D eigenvalue weighted by atomic mass is 10.0. The summed E-state index contributed by atoms with van der Waals surface area (Å²) in [7, 11) is 1.34. The molecule has 5 heteroatoms. The van der Waals surface area contributed by atoms with Crippen molar-refractivity contribution in [1.29, 1.82) is 0 Å². The highest BCUT2D eigenvalue weighted by atomic mass is 16.5. The van der Waals surface area contributed by atoms with Crippen LogP contribution in [0.2, 0.25) is 0 Å². The van der Waals surface area contributed by atoms with E-state index < -0.39 is 5.97 Å². The van der Waals surface area contributed by atoms with Crippen molar-refractivity contribution in [2.24, 2.45) is 0 Å². The van der Waals surface area contributed by atoms with Gasteiger partial charge in [0.1, 0.15) is 0 Å². The molecule has 0 spiro atoms. The van der Waals surface area contributed by atoms with E-state index in [0.29, 0.717) is 22.5 Å². The number of H-pyrrole nitrogens is 1. The van der Waals surface area contributed by atoms with Crippen molar-refractivity contribution in [3.63, 3.8) is 0 Å². The highest BCUT2D eigenvalue weighted by Crippen LogP contribution is 2.21. The maximum atomic E-state index is 13.0. The van der Waals surface area contributed by atoms with E-state index in [0.717, 1.165) is 12.1 Å². The lowest BCUT2D eigenvalue weighted by Gasteiger charge is -2.10. The van der Waals surface area contributed by atoms with Gasteiger partial charge in [-0.05, 0) is 31.9 Å². The fourth-order valence-electron chi connectivity index (χ4n) is 3.00. The number of nitrogens with one attached hydrogen (secondary N) is 1. The van der Waals surface area contributed by atoms with Crippen molar-refractivity contribution in [2.45, 2.75) is 47.1 Å². The van der Waals surface area contributed by atoms with Crippen LogP contribution < -0.4 is 4.57 Å². The van der Waals surface area contributed by atoms with Gasteiger partial charge in [-0.3, -0.25) is 4.79 Å². The molecule has 0 radical (unpaired) electrons. The summed E-state index contributed by atoms with van der Waals surface area (Å²) >= 11 is 0. The van der Waals surface area contributed by atoms with Gasteiger partial charge in [-0.15, -0.1) is 0 Å². The van der Waals surface area contributed by atoms with Gasteiger partial charge in [-0.1, -0.05) is 6.92 Å². The number of carbonyl (C=O) groups excluding carboxylic acids is 2. The first-order chi connectivity index (χ1) is 11.3. The summed E-state index contributed by atoms with van der Waals surface area (Å²) in [4.78, 5) is 28.0. The normalized spacial score (nSPS) is 12.1. The van der Waals surface area contributed by atoms with Crippen molar-refractivity contribution in [3.8, 4) is 0 Å². The van der Waals surface area contributed by atoms with Gasteiger partial charge in [0.15, 0.2) is 11.9 Å². The first kappa shape index (κ1) is 17.9. The Labute approximate surface area is 142 Å². The molecule has 0 unspecified atom stereocenters. The number of esters is 1. The van der Waals surface area contributed by atoms with Gasteiger partial charge in [-0.2, -0.15) is 4.57 Å². The molecule has 0 aliphatic rings. The molecule has 0 aliphatic heterocycles. The molecule has 24 heavy (non-hydrogen) atoms. The summed E-state index contributed by atoms with van der Waals surface area (Å²) in [6, 6.07) is 3.73. The number of hydrogen-bond donors (Lipinski definition) is 1. The van der Waals surface area contributed by atoms with Crippen LogP contribution in [0.4, 0.5) is 0 Å². The zero-order valence-corrected chi connectivity index (χ0v) is 15.2. The van der Waals surface area contributed by atoms with E-state index >= 15 is 0 Å². The largest absolute Gasteiger partial charge is 0.465 e. The van der Waals surface area contributed by atoms with Crippen molar-refractivity contribution in [3.05, 3.63) is 52.1 Å². The van der Waals surface area contributed by atoms with Crippen LogP contribution in [0, 0.1) is 20.8 Å². The van der Waals surface area contributed by atoms with Crippen molar-refractivity contribution < 1.29 is 18.9 Å². The first-order valence-electron chi connectivity index (χ1n) is 8.14. The van der Waals surface area contributed by atoms with E-state index in [9.17, 15) is 9.59 Å². The van der Waals surface area contributed by atoms with Crippen LogP contribution in [-0.4, -0.2) is 23.8 Å². The molecule has 0 amide bonds. The summed E-state index contributed by atoms with van der Waals surface area (Å²) < 4.78 is 6.79. The van der Waals surface area contributed by atoms with Gasteiger partial charge in [0.25, 0.3) is 0 Å². The second kappa shape index (κ2) is 6.99. The highest BCUT2D eigenvalue weighted by molar-refractivity contribution is 6.02. The highest BCUT2D eigenvalue weighted by Gasteiger charge is 2.30. The van der Waals surface area contributed by atoms with Crippen LogP contribution in [-0.2, 0) is 11.2 Å². The monoisotopic (exact) mass is 329 g/mol. The van der Waals surface area contributed by atoms with Gasteiger partial charge < -0.3 is 9.72 Å². The minimum absolute atomic E-state index is 0.0490. The molecule has 2 aromatic rings. The average molecular weight is 329 g/mol. The van der Waals surface area contributed by atoms with Crippen LogP contribution in [0.15, 0.2) is 18.3 Å². The third kappa shape index (κ3) is 3.11.